The van der Waals surface area contributed by atoms with E-state index in [9.17, 15) is 4.79 Å². The molecule has 0 atom stereocenters. The first kappa shape index (κ1) is 9.05. The van der Waals surface area contributed by atoms with Crippen LogP contribution in [0.3, 0.4) is 0 Å². The lowest BCUT2D eigenvalue weighted by molar-refractivity contribution is -0.133. The van der Waals surface area contributed by atoms with Crippen molar-refractivity contribution in [2.24, 2.45) is 0 Å². The molecule has 1 heterocycles. The van der Waals surface area contributed by atoms with Crippen LogP contribution in [0.2, 0.25) is 0 Å². The molecule has 5 nitrogen and oxygen atoms in total. The molecule has 0 aromatic carbocycles. The fraction of sp³-hybridized carbons (Fsp3) is 0.500. The first-order valence-corrected chi connectivity index (χ1v) is 4.42. The molecular formula is C6H8N2O3S. The molecule has 1 N–H and O–H groups in total. The van der Waals surface area contributed by atoms with Crippen LogP contribution in [-0.4, -0.2) is 27.0 Å². The van der Waals surface area contributed by atoms with Gasteiger partial charge in [-0.1, -0.05) is 0 Å². The van der Waals surface area contributed by atoms with Gasteiger partial charge >= 0.3 is 5.97 Å². The van der Waals surface area contributed by atoms with Crippen LogP contribution in [0.15, 0.2) is 4.42 Å². The third-order valence-corrected chi connectivity index (χ3v) is 1.92. The van der Waals surface area contributed by atoms with Crippen LogP contribution in [0.25, 0.3) is 0 Å². The van der Waals surface area contributed by atoms with Crippen LogP contribution in [0.5, 0.6) is 0 Å². The Balaban J connectivity index is 2.29. The van der Waals surface area contributed by atoms with Gasteiger partial charge in [0, 0.05) is 6.92 Å². The number of nitrogens with zero attached hydrogens (tertiary/aromatic N) is 2. The summed E-state index contributed by atoms with van der Waals surface area (Å²) in [5.41, 5.74) is 0. The van der Waals surface area contributed by atoms with E-state index < -0.39 is 5.97 Å². The number of carboxylic acid groups (broad SMARTS) is 1. The van der Waals surface area contributed by atoms with Gasteiger partial charge < -0.3 is 9.52 Å². The van der Waals surface area contributed by atoms with E-state index in [1.807, 2.05) is 0 Å². The predicted octanol–water partition coefficient (Wildman–Crippen LogP) is 0.696. The average Bonchev–Trinajstić information content (AvgIpc) is 2.35. The van der Waals surface area contributed by atoms with Gasteiger partial charge in [-0.25, -0.2) is 0 Å². The first-order chi connectivity index (χ1) is 5.68. The molecule has 0 spiro atoms. The SMILES string of the molecule is Cc1nnc(CSCC(=O)O)o1. The highest BCUT2D eigenvalue weighted by molar-refractivity contribution is 7.99. The van der Waals surface area contributed by atoms with Gasteiger partial charge in [-0.2, -0.15) is 0 Å². The van der Waals surface area contributed by atoms with Crippen LogP contribution in [-0.2, 0) is 10.5 Å². The second kappa shape index (κ2) is 4.10. The zero-order chi connectivity index (χ0) is 8.97. The fourth-order valence-electron chi connectivity index (χ4n) is 0.621. The second-order valence-electron chi connectivity index (χ2n) is 2.10. The summed E-state index contributed by atoms with van der Waals surface area (Å²) in [6.45, 7) is 1.69. The van der Waals surface area contributed by atoms with Crippen molar-refractivity contribution in [2.45, 2.75) is 12.7 Å². The van der Waals surface area contributed by atoms with Crippen molar-refractivity contribution in [1.82, 2.24) is 10.2 Å². The molecule has 0 amide bonds. The molecule has 0 aliphatic carbocycles. The molecule has 0 fully saturated rings. The third kappa shape index (κ3) is 2.91. The molecule has 0 aliphatic heterocycles. The Hall–Kier alpha value is -1.04. The number of carbonyl (C=O) groups is 1. The quantitative estimate of drug-likeness (QED) is 0.749. The van der Waals surface area contributed by atoms with E-state index in [4.69, 9.17) is 9.52 Å². The van der Waals surface area contributed by atoms with Crippen LogP contribution >= 0.6 is 11.8 Å². The van der Waals surface area contributed by atoms with Gasteiger partial charge in [0.2, 0.25) is 11.8 Å². The highest BCUT2D eigenvalue weighted by Crippen LogP contribution is 2.09. The minimum absolute atomic E-state index is 0.0570. The summed E-state index contributed by atoms with van der Waals surface area (Å²) in [6, 6.07) is 0. The van der Waals surface area contributed by atoms with Crippen LogP contribution < -0.4 is 0 Å². The van der Waals surface area contributed by atoms with Gasteiger partial charge in [-0.3, -0.25) is 4.79 Å². The Morgan fingerprint density at radius 1 is 1.67 bits per heavy atom. The predicted molar refractivity (Wildman–Crippen MR) is 42.8 cm³/mol. The van der Waals surface area contributed by atoms with Crippen molar-refractivity contribution in [3.8, 4) is 0 Å². The van der Waals surface area contributed by atoms with E-state index >= 15 is 0 Å². The minimum Gasteiger partial charge on any atom is -0.481 e. The van der Waals surface area contributed by atoms with Crippen LogP contribution in [0, 0.1) is 6.92 Å². The van der Waals surface area contributed by atoms with Crippen molar-refractivity contribution in [3.05, 3.63) is 11.8 Å². The highest BCUT2D eigenvalue weighted by Gasteiger charge is 2.03. The molecule has 0 radical (unpaired) electrons. The number of aryl methyl sites for hydroxylation is 1. The van der Waals surface area contributed by atoms with Gasteiger partial charge in [0.15, 0.2) is 0 Å². The normalized spacial score (nSPS) is 10.1. The van der Waals surface area contributed by atoms with E-state index in [2.05, 4.69) is 10.2 Å². The highest BCUT2D eigenvalue weighted by atomic mass is 32.2. The van der Waals surface area contributed by atoms with E-state index in [0.29, 0.717) is 17.5 Å². The topological polar surface area (TPSA) is 76.2 Å². The number of aliphatic carboxylic acids is 1. The summed E-state index contributed by atoms with van der Waals surface area (Å²) in [7, 11) is 0. The number of rotatable bonds is 4. The molecule has 0 aliphatic rings. The standard InChI is InChI=1S/C6H8N2O3S/c1-4-7-8-5(11-4)2-12-3-6(9)10/h2-3H2,1H3,(H,9,10). The summed E-state index contributed by atoms with van der Waals surface area (Å²) < 4.78 is 5.03. The summed E-state index contributed by atoms with van der Waals surface area (Å²) in [4.78, 5) is 10.1. The number of carboxylic acids is 1. The van der Waals surface area contributed by atoms with Crippen molar-refractivity contribution in [2.75, 3.05) is 5.75 Å². The average molecular weight is 188 g/mol. The molecule has 6 heteroatoms. The van der Waals surface area contributed by atoms with Gasteiger partial charge in [0.1, 0.15) is 0 Å². The molecule has 1 aromatic rings. The van der Waals surface area contributed by atoms with E-state index in [1.54, 1.807) is 6.92 Å². The lowest BCUT2D eigenvalue weighted by atomic mass is 10.8. The Morgan fingerprint density at radius 2 is 2.42 bits per heavy atom. The van der Waals surface area contributed by atoms with E-state index in [0.717, 1.165) is 0 Å². The molecule has 0 unspecified atom stereocenters. The molecule has 1 rings (SSSR count). The molecule has 0 saturated heterocycles. The molecule has 0 bridgehead atoms. The fourth-order valence-corrected chi connectivity index (χ4v) is 1.19. The maximum atomic E-state index is 10.1. The largest absolute Gasteiger partial charge is 0.481 e. The maximum absolute atomic E-state index is 10.1. The summed E-state index contributed by atoms with van der Waals surface area (Å²) in [5, 5.41) is 15.6. The zero-order valence-electron chi connectivity index (χ0n) is 6.48. The Morgan fingerprint density at radius 3 is 2.92 bits per heavy atom. The van der Waals surface area contributed by atoms with E-state index in [-0.39, 0.29) is 5.75 Å². The first-order valence-electron chi connectivity index (χ1n) is 3.27. The Bertz CT molecular complexity index is 274. The van der Waals surface area contributed by atoms with Crippen molar-refractivity contribution in [3.63, 3.8) is 0 Å². The molecule has 66 valence electrons. The van der Waals surface area contributed by atoms with Crippen molar-refractivity contribution < 1.29 is 14.3 Å². The summed E-state index contributed by atoms with van der Waals surface area (Å²) >= 11 is 1.23. The smallest absolute Gasteiger partial charge is 0.313 e. The number of hydrogen-bond donors (Lipinski definition) is 1. The summed E-state index contributed by atoms with van der Waals surface area (Å²) in [6.07, 6.45) is 0. The number of aromatic nitrogens is 2. The lowest BCUT2D eigenvalue weighted by Crippen LogP contribution is -1.98. The van der Waals surface area contributed by atoms with Crippen molar-refractivity contribution in [1.29, 1.82) is 0 Å². The second-order valence-corrected chi connectivity index (χ2v) is 3.09. The third-order valence-electron chi connectivity index (χ3n) is 1.02. The Labute approximate surface area is 73.2 Å². The van der Waals surface area contributed by atoms with Crippen LogP contribution in [0.1, 0.15) is 11.8 Å². The van der Waals surface area contributed by atoms with E-state index in [1.165, 1.54) is 11.8 Å². The molecule has 12 heavy (non-hydrogen) atoms. The van der Waals surface area contributed by atoms with Crippen LogP contribution in [0.4, 0.5) is 0 Å². The lowest BCUT2D eigenvalue weighted by Gasteiger charge is -1.90. The van der Waals surface area contributed by atoms with Crippen molar-refractivity contribution >= 4 is 17.7 Å². The number of thioether (sulfide) groups is 1. The number of hydrogen-bond acceptors (Lipinski definition) is 5. The van der Waals surface area contributed by atoms with Gasteiger partial charge in [-0.05, 0) is 0 Å². The van der Waals surface area contributed by atoms with Gasteiger partial charge in [0.05, 0.1) is 11.5 Å². The zero-order valence-corrected chi connectivity index (χ0v) is 7.30. The van der Waals surface area contributed by atoms with Gasteiger partial charge in [0.25, 0.3) is 0 Å². The summed E-state index contributed by atoms with van der Waals surface area (Å²) in [5.74, 6) is 0.644. The molecule has 1 aromatic heterocycles. The Kier molecular flexibility index (Phi) is 3.09. The van der Waals surface area contributed by atoms with Gasteiger partial charge in [-0.15, -0.1) is 22.0 Å². The molecular weight excluding hydrogens is 180 g/mol. The monoisotopic (exact) mass is 188 g/mol. The molecule has 0 saturated carbocycles. The minimum atomic E-state index is -0.837. The maximum Gasteiger partial charge on any atom is 0.313 e.